The summed E-state index contributed by atoms with van der Waals surface area (Å²) in [7, 11) is 0. The van der Waals surface area contributed by atoms with Crippen LogP contribution in [-0.4, -0.2) is 22.4 Å². The minimum absolute atomic E-state index is 0.135. The van der Waals surface area contributed by atoms with Crippen LogP contribution in [0.15, 0.2) is 35.3 Å². The van der Waals surface area contributed by atoms with E-state index in [1.165, 1.54) is 23.0 Å². The number of rotatable bonds is 4. The third kappa shape index (κ3) is 2.99. The molecule has 21 heavy (non-hydrogen) atoms. The van der Waals surface area contributed by atoms with Gasteiger partial charge in [0.1, 0.15) is 11.5 Å². The monoisotopic (exact) mass is 290 g/mol. The molecular formula is C15H15FN2O3. The molecule has 0 aliphatic heterocycles. The minimum Gasteiger partial charge on any atom is -0.461 e. The molecule has 0 amide bonds. The summed E-state index contributed by atoms with van der Waals surface area (Å²) in [4.78, 5) is 23.9. The van der Waals surface area contributed by atoms with Crippen LogP contribution in [0.2, 0.25) is 0 Å². The number of benzene rings is 1. The van der Waals surface area contributed by atoms with Gasteiger partial charge in [0.25, 0.3) is 0 Å². The van der Waals surface area contributed by atoms with Gasteiger partial charge in [-0.1, -0.05) is 19.1 Å². The lowest BCUT2D eigenvalue weighted by atomic mass is 10.2. The quantitative estimate of drug-likeness (QED) is 0.809. The molecule has 0 spiro atoms. The van der Waals surface area contributed by atoms with E-state index in [2.05, 4.69) is 5.10 Å². The van der Waals surface area contributed by atoms with Crippen molar-refractivity contribution in [3.63, 3.8) is 0 Å². The lowest BCUT2D eigenvalue weighted by Gasteiger charge is -2.10. The van der Waals surface area contributed by atoms with Gasteiger partial charge in [-0.25, -0.2) is 13.9 Å². The Morgan fingerprint density at radius 2 is 2.05 bits per heavy atom. The smallest absolute Gasteiger partial charge is 0.362 e. The van der Waals surface area contributed by atoms with Crippen LogP contribution in [0, 0.1) is 5.82 Å². The van der Waals surface area contributed by atoms with Crippen LogP contribution < -0.4 is 5.43 Å². The molecule has 0 bridgehead atoms. The van der Waals surface area contributed by atoms with Crippen molar-refractivity contribution in [1.82, 2.24) is 9.78 Å². The number of nitrogens with zero attached hydrogens (tertiary/aromatic N) is 2. The summed E-state index contributed by atoms with van der Waals surface area (Å²) >= 11 is 0. The molecule has 0 aliphatic carbocycles. The van der Waals surface area contributed by atoms with E-state index in [1.807, 2.05) is 0 Å². The highest BCUT2D eigenvalue weighted by Gasteiger charge is 2.18. The van der Waals surface area contributed by atoms with Crippen LogP contribution >= 0.6 is 0 Å². The van der Waals surface area contributed by atoms with Gasteiger partial charge in [0.05, 0.1) is 6.61 Å². The van der Waals surface area contributed by atoms with Crippen molar-refractivity contribution < 1.29 is 13.9 Å². The first-order valence-corrected chi connectivity index (χ1v) is 6.63. The third-order valence-electron chi connectivity index (χ3n) is 2.94. The summed E-state index contributed by atoms with van der Waals surface area (Å²) in [5.41, 5.74) is -0.281. The van der Waals surface area contributed by atoms with Gasteiger partial charge in [0.15, 0.2) is 0 Å². The fourth-order valence-corrected chi connectivity index (χ4v) is 1.89. The maximum atomic E-state index is 13.8. The second kappa shape index (κ2) is 6.30. The molecule has 0 saturated heterocycles. The van der Waals surface area contributed by atoms with Gasteiger partial charge in [0, 0.05) is 11.8 Å². The van der Waals surface area contributed by atoms with Gasteiger partial charge in [-0.05, 0) is 25.5 Å². The maximum absolute atomic E-state index is 13.8. The van der Waals surface area contributed by atoms with Crippen LogP contribution in [0.25, 0.3) is 5.69 Å². The number of carbonyl (C=O) groups is 1. The molecule has 2 aromatic rings. The summed E-state index contributed by atoms with van der Waals surface area (Å²) < 4.78 is 19.9. The first kappa shape index (κ1) is 14.9. The van der Waals surface area contributed by atoms with Crippen LogP contribution in [0.3, 0.4) is 0 Å². The molecule has 0 aliphatic rings. The molecule has 0 radical (unpaired) electrons. The van der Waals surface area contributed by atoms with E-state index in [1.54, 1.807) is 26.0 Å². The number of aryl methyl sites for hydroxylation is 1. The van der Waals surface area contributed by atoms with Crippen molar-refractivity contribution in [3.8, 4) is 5.69 Å². The molecule has 1 aromatic heterocycles. The number of hydrogen-bond acceptors (Lipinski definition) is 4. The van der Waals surface area contributed by atoms with E-state index < -0.39 is 17.2 Å². The fourth-order valence-electron chi connectivity index (χ4n) is 1.89. The van der Waals surface area contributed by atoms with E-state index in [-0.39, 0.29) is 18.0 Å². The summed E-state index contributed by atoms with van der Waals surface area (Å²) in [6, 6.07) is 5.99. The van der Waals surface area contributed by atoms with Crippen molar-refractivity contribution in [2.45, 2.75) is 20.3 Å². The molecule has 0 unspecified atom stereocenters. The van der Waals surface area contributed by atoms with E-state index >= 15 is 0 Å². The molecule has 2 rings (SSSR count). The van der Waals surface area contributed by atoms with Gasteiger partial charge in [-0.2, -0.15) is 5.10 Å². The highest BCUT2D eigenvalue weighted by atomic mass is 19.1. The zero-order valence-corrected chi connectivity index (χ0v) is 11.8. The zero-order valence-electron chi connectivity index (χ0n) is 11.8. The van der Waals surface area contributed by atoms with Gasteiger partial charge in [0.2, 0.25) is 11.1 Å². The van der Waals surface area contributed by atoms with Crippen molar-refractivity contribution in [1.29, 1.82) is 0 Å². The number of ether oxygens (including phenoxy) is 1. The lowest BCUT2D eigenvalue weighted by molar-refractivity contribution is 0.0515. The van der Waals surface area contributed by atoms with Gasteiger partial charge >= 0.3 is 5.97 Å². The number of aromatic nitrogens is 2. The Hall–Kier alpha value is -2.50. The Bertz CT molecular complexity index is 725. The standard InChI is InChI=1S/C15H15FN2O3/c1-3-10-9-18(12-8-6-5-7-11(12)16)17-13(14(10)19)15(20)21-4-2/h5-9H,3-4H2,1-2H3. The Morgan fingerprint density at radius 3 is 2.67 bits per heavy atom. The molecule has 0 fully saturated rings. The van der Waals surface area contributed by atoms with Gasteiger partial charge in [-0.3, -0.25) is 4.79 Å². The number of para-hydroxylation sites is 1. The molecule has 5 nitrogen and oxygen atoms in total. The fraction of sp³-hybridized carbons (Fsp3) is 0.267. The molecule has 1 heterocycles. The van der Waals surface area contributed by atoms with E-state index in [0.717, 1.165) is 0 Å². The normalized spacial score (nSPS) is 10.4. The molecule has 0 N–H and O–H groups in total. The van der Waals surface area contributed by atoms with Crippen LogP contribution in [-0.2, 0) is 11.2 Å². The molecule has 6 heteroatoms. The maximum Gasteiger partial charge on any atom is 0.362 e. The van der Waals surface area contributed by atoms with E-state index in [9.17, 15) is 14.0 Å². The van der Waals surface area contributed by atoms with Crippen molar-refractivity contribution >= 4 is 5.97 Å². The first-order valence-electron chi connectivity index (χ1n) is 6.63. The molecule has 1 aromatic carbocycles. The molecular weight excluding hydrogens is 275 g/mol. The average molecular weight is 290 g/mol. The second-order valence-electron chi connectivity index (χ2n) is 4.30. The Balaban J connectivity index is 2.64. The van der Waals surface area contributed by atoms with Gasteiger partial charge < -0.3 is 4.74 Å². The summed E-state index contributed by atoms with van der Waals surface area (Å²) in [5.74, 6) is -1.30. The summed E-state index contributed by atoms with van der Waals surface area (Å²) in [5, 5.41) is 3.92. The van der Waals surface area contributed by atoms with Crippen molar-refractivity contribution in [2.24, 2.45) is 0 Å². The van der Waals surface area contributed by atoms with Crippen LogP contribution in [0.5, 0.6) is 0 Å². The lowest BCUT2D eigenvalue weighted by Crippen LogP contribution is -2.26. The number of hydrogen-bond donors (Lipinski definition) is 0. The highest BCUT2D eigenvalue weighted by Crippen LogP contribution is 2.12. The SMILES string of the molecule is CCOC(=O)c1nn(-c2ccccc2F)cc(CC)c1=O. The zero-order chi connectivity index (χ0) is 15.4. The Morgan fingerprint density at radius 1 is 1.33 bits per heavy atom. The molecule has 110 valence electrons. The van der Waals surface area contributed by atoms with Crippen molar-refractivity contribution in [2.75, 3.05) is 6.61 Å². The Kier molecular flexibility index (Phi) is 4.47. The molecule has 0 saturated carbocycles. The average Bonchev–Trinajstić information content (AvgIpc) is 2.48. The van der Waals surface area contributed by atoms with Crippen LogP contribution in [0.4, 0.5) is 4.39 Å². The highest BCUT2D eigenvalue weighted by molar-refractivity contribution is 5.87. The predicted octanol–water partition coefficient (Wildman–Crippen LogP) is 2.11. The second-order valence-corrected chi connectivity index (χ2v) is 4.30. The minimum atomic E-state index is -0.803. The largest absolute Gasteiger partial charge is 0.461 e. The summed E-state index contributed by atoms with van der Waals surface area (Å²) in [6.07, 6.45) is 1.84. The summed E-state index contributed by atoms with van der Waals surface area (Å²) in [6.45, 7) is 3.55. The number of halogens is 1. The number of carbonyl (C=O) groups excluding carboxylic acids is 1. The third-order valence-corrected chi connectivity index (χ3v) is 2.94. The van der Waals surface area contributed by atoms with E-state index in [0.29, 0.717) is 12.0 Å². The topological polar surface area (TPSA) is 61.2 Å². The van der Waals surface area contributed by atoms with E-state index in [4.69, 9.17) is 4.74 Å². The predicted molar refractivity (Wildman–Crippen MR) is 75.1 cm³/mol. The number of esters is 1. The van der Waals surface area contributed by atoms with Crippen LogP contribution in [0.1, 0.15) is 29.9 Å². The Labute approximate surface area is 121 Å². The van der Waals surface area contributed by atoms with Gasteiger partial charge in [-0.15, -0.1) is 0 Å². The molecule has 0 atom stereocenters. The first-order chi connectivity index (χ1) is 10.1. The van der Waals surface area contributed by atoms with Crippen molar-refractivity contribution in [3.05, 3.63) is 57.8 Å².